The average Bonchev–Trinajstić information content (AvgIpc) is 2.17. The first kappa shape index (κ1) is 10.0. The lowest BCUT2D eigenvalue weighted by atomic mass is 10.3. The number of nitrogens with one attached hydrogen (secondary N) is 2. The number of hydrogen-bond acceptors (Lipinski definition) is 3. The molecule has 2 N–H and O–H groups in total. The third kappa shape index (κ3) is 3.43. The Morgan fingerprint density at radius 2 is 2.23 bits per heavy atom. The van der Waals surface area contributed by atoms with Crippen molar-refractivity contribution in [1.29, 1.82) is 0 Å². The molecule has 1 aromatic rings. The van der Waals surface area contributed by atoms with E-state index in [9.17, 15) is 8.42 Å². The normalized spacial score (nSPS) is 11.2. The van der Waals surface area contributed by atoms with Gasteiger partial charge in [0.2, 0.25) is 10.0 Å². The first-order chi connectivity index (χ1) is 6.14. The molecule has 0 aliphatic rings. The summed E-state index contributed by atoms with van der Waals surface area (Å²) < 4.78 is 24.2. The summed E-state index contributed by atoms with van der Waals surface area (Å²) in [5.74, 6) is -0.135. The van der Waals surface area contributed by atoms with Gasteiger partial charge in [0.25, 0.3) is 0 Å². The molecule has 0 aliphatic heterocycles. The summed E-state index contributed by atoms with van der Waals surface area (Å²) in [6, 6.07) is 9.96. The zero-order valence-corrected chi connectivity index (χ0v) is 8.06. The van der Waals surface area contributed by atoms with Gasteiger partial charge in [0, 0.05) is 11.8 Å². The first-order valence-electron chi connectivity index (χ1n) is 3.76. The maximum atomic E-state index is 11.0. The van der Waals surface area contributed by atoms with E-state index in [1.807, 2.05) is 12.1 Å². The van der Waals surface area contributed by atoms with Crippen molar-refractivity contribution in [3.05, 3.63) is 30.3 Å². The van der Waals surface area contributed by atoms with Crippen molar-refractivity contribution < 1.29 is 8.42 Å². The van der Waals surface area contributed by atoms with Crippen LogP contribution in [0, 0.1) is 6.07 Å². The fourth-order valence-electron chi connectivity index (χ4n) is 0.748. The molecule has 4 nitrogen and oxygen atoms in total. The van der Waals surface area contributed by atoms with Gasteiger partial charge in [0.15, 0.2) is 0 Å². The van der Waals surface area contributed by atoms with Crippen LogP contribution in [0.5, 0.6) is 0 Å². The second kappa shape index (κ2) is 4.25. The van der Waals surface area contributed by atoms with Crippen LogP contribution in [0.1, 0.15) is 0 Å². The second-order valence-corrected chi connectivity index (χ2v) is 4.34. The summed E-state index contributed by atoms with van der Waals surface area (Å²) in [6.45, 7) is 0. The molecular formula is C8H11N2O2S. The summed E-state index contributed by atoms with van der Waals surface area (Å²) in [5, 5.41) is 2.73. The maximum Gasteiger partial charge on any atom is 0.229 e. The first-order valence-corrected chi connectivity index (χ1v) is 5.41. The Labute approximate surface area is 78.0 Å². The van der Waals surface area contributed by atoms with E-state index in [4.69, 9.17) is 0 Å². The Balaban J connectivity index is 2.54. The van der Waals surface area contributed by atoms with Gasteiger partial charge >= 0.3 is 0 Å². The van der Waals surface area contributed by atoms with Crippen LogP contribution in [0.2, 0.25) is 0 Å². The lowest BCUT2D eigenvalue weighted by Gasteiger charge is -2.05. The van der Waals surface area contributed by atoms with Crippen molar-refractivity contribution in [3.63, 3.8) is 0 Å². The highest BCUT2D eigenvalue weighted by Gasteiger charge is 2.04. The third-order valence-electron chi connectivity index (χ3n) is 1.47. The predicted molar refractivity (Wildman–Crippen MR) is 51.7 cm³/mol. The molecule has 0 aliphatic carbocycles. The molecule has 5 heteroatoms. The van der Waals surface area contributed by atoms with Crippen LogP contribution in [0.4, 0.5) is 5.69 Å². The Bertz CT molecular complexity index is 348. The van der Waals surface area contributed by atoms with Gasteiger partial charge in [-0.2, -0.15) is 0 Å². The van der Waals surface area contributed by atoms with Gasteiger partial charge in [0.05, 0.1) is 0 Å². The van der Waals surface area contributed by atoms with Crippen molar-refractivity contribution in [3.8, 4) is 0 Å². The Kier molecular flexibility index (Phi) is 3.27. The highest BCUT2D eigenvalue weighted by molar-refractivity contribution is 7.89. The van der Waals surface area contributed by atoms with E-state index >= 15 is 0 Å². The number of anilines is 1. The van der Waals surface area contributed by atoms with E-state index in [0.717, 1.165) is 0 Å². The van der Waals surface area contributed by atoms with E-state index in [1.54, 1.807) is 12.1 Å². The van der Waals surface area contributed by atoms with Crippen LogP contribution in [0.25, 0.3) is 0 Å². The number of benzene rings is 1. The van der Waals surface area contributed by atoms with Crippen molar-refractivity contribution in [1.82, 2.24) is 4.72 Å². The molecule has 0 spiro atoms. The molecule has 0 saturated heterocycles. The van der Waals surface area contributed by atoms with Gasteiger partial charge in [-0.3, -0.25) is 0 Å². The van der Waals surface area contributed by atoms with Crippen molar-refractivity contribution in [2.24, 2.45) is 0 Å². The second-order valence-electron chi connectivity index (χ2n) is 2.42. The fraction of sp³-hybridized carbons (Fsp3) is 0.250. The van der Waals surface area contributed by atoms with Gasteiger partial charge in [0.1, 0.15) is 5.88 Å². The van der Waals surface area contributed by atoms with E-state index in [-0.39, 0.29) is 5.88 Å². The zero-order chi connectivity index (χ0) is 9.73. The summed E-state index contributed by atoms with van der Waals surface area (Å²) in [7, 11) is -1.82. The Morgan fingerprint density at radius 3 is 2.77 bits per heavy atom. The third-order valence-corrected chi connectivity index (χ3v) is 2.62. The van der Waals surface area contributed by atoms with E-state index in [0.29, 0.717) is 5.69 Å². The minimum Gasteiger partial charge on any atom is -0.370 e. The highest BCUT2D eigenvalue weighted by Crippen LogP contribution is 2.03. The van der Waals surface area contributed by atoms with Gasteiger partial charge < -0.3 is 5.32 Å². The van der Waals surface area contributed by atoms with Gasteiger partial charge in [-0.1, -0.05) is 18.2 Å². The summed E-state index contributed by atoms with van der Waals surface area (Å²) in [4.78, 5) is 0. The van der Waals surface area contributed by atoms with Crippen LogP contribution in [0.3, 0.4) is 0 Å². The molecule has 1 radical (unpaired) electrons. The van der Waals surface area contributed by atoms with Crippen LogP contribution < -0.4 is 10.0 Å². The molecule has 0 fully saturated rings. The SMILES string of the molecule is CNS(=O)(=O)CNc1[c]cccc1. The Morgan fingerprint density at radius 1 is 1.46 bits per heavy atom. The highest BCUT2D eigenvalue weighted by atomic mass is 32.2. The van der Waals surface area contributed by atoms with E-state index in [1.165, 1.54) is 7.05 Å². The van der Waals surface area contributed by atoms with E-state index < -0.39 is 10.0 Å². The molecular weight excluding hydrogens is 188 g/mol. The minimum absolute atomic E-state index is 0.135. The quantitative estimate of drug-likeness (QED) is 0.738. The standard InChI is InChI=1S/C8H11N2O2S/c1-9-13(11,12)7-10-8-5-3-2-4-6-8/h2-5,9-10H,7H2,1H3. The average molecular weight is 199 g/mol. The number of para-hydroxylation sites is 1. The summed E-state index contributed by atoms with van der Waals surface area (Å²) in [6.07, 6.45) is 0. The topological polar surface area (TPSA) is 58.2 Å². The molecule has 0 amide bonds. The number of sulfonamides is 1. The molecule has 71 valence electrons. The molecule has 0 saturated carbocycles. The van der Waals surface area contributed by atoms with Gasteiger partial charge in [-0.15, -0.1) is 0 Å². The molecule has 1 aromatic carbocycles. The van der Waals surface area contributed by atoms with Crippen LogP contribution >= 0.6 is 0 Å². The molecule has 13 heavy (non-hydrogen) atoms. The fourth-order valence-corrected chi connectivity index (χ4v) is 1.24. The van der Waals surface area contributed by atoms with Crippen molar-refractivity contribution >= 4 is 15.7 Å². The molecule has 0 aromatic heterocycles. The molecule has 0 bridgehead atoms. The van der Waals surface area contributed by atoms with Crippen LogP contribution in [0.15, 0.2) is 24.3 Å². The summed E-state index contributed by atoms with van der Waals surface area (Å²) in [5.41, 5.74) is 0.668. The molecule has 0 heterocycles. The lowest BCUT2D eigenvalue weighted by Crippen LogP contribution is -2.26. The van der Waals surface area contributed by atoms with Crippen molar-refractivity contribution in [2.75, 3.05) is 18.2 Å². The monoisotopic (exact) mass is 199 g/mol. The minimum atomic E-state index is -3.20. The van der Waals surface area contributed by atoms with Crippen LogP contribution in [-0.2, 0) is 10.0 Å². The lowest BCUT2D eigenvalue weighted by molar-refractivity contribution is 0.590. The number of rotatable bonds is 4. The van der Waals surface area contributed by atoms with Gasteiger partial charge in [-0.25, -0.2) is 13.1 Å². The summed E-state index contributed by atoms with van der Waals surface area (Å²) >= 11 is 0. The predicted octanol–water partition coefficient (Wildman–Crippen LogP) is 0.405. The maximum absolute atomic E-state index is 11.0. The smallest absolute Gasteiger partial charge is 0.229 e. The molecule has 1 rings (SSSR count). The molecule has 0 atom stereocenters. The largest absolute Gasteiger partial charge is 0.370 e. The molecule has 0 unspecified atom stereocenters. The Hall–Kier alpha value is -1.07. The number of hydrogen-bond donors (Lipinski definition) is 2. The van der Waals surface area contributed by atoms with Crippen molar-refractivity contribution in [2.45, 2.75) is 0 Å². The zero-order valence-electron chi connectivity index (χ0n) is 7.24. The van der Waals surface area contributed by atoms with Gasteiger partial charge in [-0.05, 0) is 13.1 Å². The van der Waals surface area contributed by atoms with E-state index in [2.05, 4.69) is 16.1 Å². The van der Waals surface area contributed by atoms with Crippen LogP contribution in [-0.4, -0.2) is 21.3 Å².